The van der Waals surface area contributed by atoms with E-state index in [1.54, 1.807) is 0 Å². The molecular formula is C12H25NO. The van der Waals surface area contributed by atoms with E-state index in [1.165, 1.54) is 0 Å². The average molecular weight is 199 g/mol. The lowest BCUT2D eigenvalue weighted by atomic mass is 9.97. The zero-order valence-electron chi connectivity index (χ0n) is 10.1. The molecule has 1 N–H and O–H groups in total. The van der Waals surface area contributed by atoms with Gasteiger partial charge in [0, 0.05) is 12.5 Å². The summed E-state index contributed by atoms with van der Waals surface area (Å²) in [4.78, 5) is 11.7. The molecule has 0 aliphatic carbocycles. The van der Waals surface area contributed by atoms with Gasteiger partial charge in [-0.15, -0.1) is 0 Å². The van der Waals surface area contributed by atoms with E-state index in [-0.39, 0.29) is 11.8 Å². The molecule has 0 fully saturated rings. The molecule has 0 unspecified atom stereocenters. The number of hydrogen-bond donors (Lipinski definition) is 1. The van der Waals surface area contributed by atoms with Crippen LogP contribution >= 0.6 is 0 Å². The first-order chi connectivity index (χ1) is 6.61. The Bertz CT molecular complexity index is 148. The van der Waals surface area contributed by atoms with Gasteiger partial charge in [0.15, 0.2) is 0 Å². The normalized spacial score (nSPS) is 11.0. The van der Waals surface area contributed by atoms with Crippen molar-refractivity contribution in [2.75, 3.05) is 6.54 Å². The number of hydrogen-bond acceptors (Lipinski definition) is 1. The number of carbonyl (C=O) groups is 1. The molecule has 0 rings (SSSR count). The molecule has 0 atom stereocenters. The van der Waals surface area contributed by atoms with Gasteiger partial charge in [0.05, 0.1) is 0 Å². The predicted molar refractivity (Wildman–Crippen MR) is 61.2 cm³/mol. The van der Waals surface area contributed by atoms with Crippen molar-refractivity contribution in [2.24, 2.45) is 11.8 Å². The molecule has 0 bridgehead atoms. The first-order valence-electron chi connectivity index (χ1n) is 5.89. The summed E-state index contributed by atoms with van der Waals surface area (Å²) in [7, 11) is 0. The summed E-state index contributed by atoms with van der Waals surface area (Å²) >= 11 is 0. The Morgan fingerprint density at radius 3 is 2.00 bits per heavy atom. The van der Waals surface area contributed by atoms with Crippen molar-refractivity contribution in [1.82, 2.24) is 5.32 Å². The van der Waals surface area contributed by atoms with E-state index in [9.17, 15) is 4.79 Å². The maximum Gasteiger partial charge on any atom is 0.223 e. The molecule has 0 saturated heterocycles. The Morgan fingerprint density at radius 1 is 1.14 bits per heavy atom. The Morgan fingerprint density at radius 2 is 1.64 bits per heavy atom. The maximum atomic E-state index is 11.7. The molecule has 0 aliphatic rings. The van der Waals surface area contributed by atoms with Gasteiger partial charge in [0.1, 0.15) is 0 Å². The van der Waals surface area contributed by atoms with Crippen LogP contribution in [0.25, 0.3) is 0 Å². The monoisotopic (exact) mass is 199 g/mol. The van der Waals surface area contributed by atoms with Crippen LogP contribution in [0.2, 0.25) is 0 Å². The molecular weight excluding hydrogens is 174 g/mol. The fourth-order valence-electron chi connectivity index (χ4n) is 1.55. The highest BCUT2D eigenvalue weighted by molar-refractivity contribution is 5.78. The van der Waals surface area contributed by atoms with Gasteiger partial charge in [-0.2, -0.15) is 0 Å². The van der Waals surface area contributed by atoms with Crippen LogP contribution in [0.15, 0.2) is 0 Å². The van der Waals surface area contributed by atoms with E-state index >= 15 is 0 Å². The summed E-state index contributed by atoms with van der Waals surface area (Å²) in [5, 5.41) is 3.01. The lowest BCUT2D eigenvalue weighted by molar-refractivity contribution is -0.125. The van der Waals surface area contributed by atoms with Gasteiger partial charge in [-0.05, 0) is 18.8 Å². The maximum absolute atomic E-state index is 11.7. The van der Waals surface area contributed by atoms with Gasteiger partial charge < -0.3 is 5.32 Å². The summed E-state index contributed by atoms with van der Waals surface area (Å²) < 4.78 is 0. The van der Waals surface area contributed by atoms with Gasteiger partial charge in [-0.3, -0.25) is 4.79 Å². The van der Waals surface area contributed by atoms with E-state index in [4.69, 9.17) is 0 Å². The van der Waals surface area contributed by atoms with Crippen LogP contribution in [0.3, 0.4) is 0 Å². The van der Waals surface area contributed by atoms with Gasteiger partial charge in [0.25, 0.3) is 0 Å². The molecule has 2 heteroatoms. The molecule has 0 radical (unpaired) electrons. The zero-order chi connectivity index (χ0) is 11.0. The molecule has 2 nitrogen and oxygen atoms in total. The topological polar surface area (TPSA) is 29.1 Å². The van der Waals surface area contributed by atoms with Gasteiger partial charge in [-0.1, -0.05) is 40.5 Å². The van der Waals surface area contributed by atoms with Crippen LogP contribution in [0.5, 0.6) is 0 Å². The summed E-state index contributed by atoms with van der Waals surface area (Å²) in [6.45, 7) is 9.32. The molecule has 0 aromatic heterocycles. The first-order valence-corrected chi connectivity index (χ1v) is 5.89. The molecule has 0 saturated carbocycles. The smallest absolute Gasteiger partial charge is 0.223 e. The van der Waals surface area contributed by atoms with Crippen molar-refractivity contribution in [1.29, 1.82) is 0 Å². The van der Waals surface area contributed by atoms with Crippen LogP contribution in [-0.2, 0) is 4.79 Å². The second kappa shape index (κ2) is 7.84. The molecule has 0 heterocycles. The highest BCUT2D eigenvalue weighted by atomic mass is 16.1. The van der Waals surface area contributed by atoms with Crippen molar-refractivity contribution in [2.45, 2.75) is 53.4 Å². The molecule has 0 aromatic carbocycles. The van der Waals surface area contributed by atoms with Crippen LogP contribution in [0.4, 0.5) is 0 Å². The third-order valence-corrected chi connectivity index (χ3v) is 2.33. The molecule has 0 aromatic rings. The Kier molecular flexibility index (Phi) is 7.54. The summed E-state index contributed by atoms with van der Waals surface area (Å²) in [5.74, 6) is 1.04. The lowest BCUT2D eigenvalue weighted by Gasteiger charge is -2.16. The Hall–Kier alpha value is -0.530. The largest absolute Gasteiger partial charge is 0.356 e. The third-order valence-electron chi connectivity index (χ3n) is 2.33. The number of nitrogens with one attached hydrogen (secondary N) is 1. The molecule has 14 heavy (non-hydrogen) atoms. The fourth-order valence-corrected chi connectivity index (χ4v) is 1.55. The van der Waals surface area contributed by atoms with Crippen LogP contribution < -0.4 is 5.32 Å². The third kappa shape index (κ3) is 6.01. The highest BCUT2D eigenvalue weighted by Crippen LogP contribution is 2.13. The predicted octanol–water partition coefficient (Wildman–Crippen LogP) is 2.98. The van der Waals surface area contributed by atoms with Crippen LogP contribution in [0, 0.1) is 11.8 Å². The van der Waals surface area contributed by atoms with E-state index in [1.807, 2.05) is 0 Å². The number of amides is 1. The SMILES string of the molecule is CCCC(CCC)C(=O)NCC(C)C. The Balaban J connectivity index is 3.88. The quantitative estimate of drug-likeness (QED) is 0.671. The van der Waals surface area contributed by atoms with Gasteiger partial charge in [-0.25, -0.2) is 0 Å². The van der Waals surface area contributed by atoms with E-state index < -0.39 is 0 Å². The van der Waals surface area contributed by atoms with Crippen molar-refractivity contribution < 1.29 is 4.79 Å². The molecule has 0 spiro atoms. The fraction of sp³-hybridized carbons (Fsp3) is 0.917. The minimum atomic E-state index is 0.240. The number of carbonyl (C=O) groups excluding carboxylic acids is 1. The van der Waals surface area contributed by atoms with Crippen molar-refractivity contribution in [3.8, 4) is 0 Å². The van der Waals surface area contributed by atoms with Crippen molar-refractivity contribution in [3.05, 3.63) is 0 Å². The number of rotatable bonds is 7. The van der Waals surface area contributed by atoms with Crippen molar-refractivity contribution >= 4 is 5.91 Å². The van der Waals surface area contributed by atoms with Gasteiger partial charge in [0.2, 0.25) is 5.91 Å². The average Bonchev–Trinajstić information content (AvgIpc) is 2.14. The summed E-state index contributed by atoms with van der Waals surface area (Å²) in [6.07, 6.45) is 4.25. The van der Waals surface area contributed by atoms with E-state index in [0.717, 1.165) is 32.2 Å². The Labute approximate surface area is 88.5 Å². The minimum Gasteiger partial charge on any atom is -0.356 e. The minimum absolute atomic E-state index is 0.240. The van der Waals surface area contributed by atoms with E-state index in [2.05, 4.69) is 33.0 Å². The highest BCUT2D eigenvalue weighted by Gasteiger charge is 2.15. The summed E-state index contributed by atoms with van der Waals surface area (Å²) in [6, 6.07) is 0. The van der Waals surface area contributed by atoms with Crippen LogP contribution in [-0.4, -0.2) is 12.5 Å². The second-order valence-corrected chi connectivity index (χ2v) is 4.41. The summed E-state index contributed by atoms with van der Waals surface area (Å²) in [5.41, 5.74) is 0. The standard InChI is InChI=1S/C12H25NO/c1-5-7-11(8-6-2)12(14)13-9-10(3)4/h10-11H,5-9H2,1-4H3,(H,13,14). The lowest BCUT2D eigenvalue weighted by Crippen LogP contribution is -2.33. The first kappa shape index (κ1) is 13.5. The second-order valence-electron chi connectivity index (χ2n) is 4.41. The van der Waals surface area contributed by atoms with Crippen molar-refractivity contribution in [3.63, 3.8) is 0 Å². The molecule has 84 valence electrons. The van der Waals surface area contributed by atoms with Crippen LogP contribution in [0.1, 0.15) is 53.4 Å². The zero-order valence-corrected chi connectivity index (χ0v) is 10.1. The molecule has 1 amide bonds. The van der Waals surface area contributed by atoms with E-state index in [0.29, 0.717) is 5.92 Å². The molecule has 0 aliphatic heterocycles. The van der Waals surface area contributed by atoms with Gasteiger partial charge >= 0.3 is 0 Å².